The first-order chi connectivity index (χ1) is 15.4. The van der Waals surface area contributed by atoms with Crippen molar-refractivity contribution in [2.75, 3.05) is 7.11 Å². The van der Waals surface area contributed by atoms with Crippen LogP contribution in [0.2, 0.25) is 0 Å². The summed E-state index contributed by atoms with van der Waals surface area (Å²) in [5.41, 5.74) is 5.37. The molecule has 0 aliphatic rings. The average Bonchev–Trinajstić information content (AvgIpc) is 2.80. The van der Waals surface area contributed by atoms with Gasteiger partial charge in [0.25, 0.3) is 0 Å². The van der Waals surface area contributed by atoms with Gasteiger partial charge in [-0.3, -0.25) is 0 Å². The maximum atomic E-state index is 5.44. The quantitative estimate of drug-likeness (QED) is 0.185. The van der Waals surface area contributed by atoms with Crippen LogP contribution in [0.3, 0.4) is 0 Å². The zero-order valence-electron chi connectivity index (χ0n) is 19.2. The van der Waals surface area contributed by atoms with E-state index in [2.05, 4.69) is 140 Å². The molecule has 3 heteroatoms. The Kier molecular flexibility index (Phi) is 6.47. The molecule has 4 aromatic rings. The van der Waals surface area contributed by atoms with Gasteiger partial charge in [0.05, 0.1) is 0 Å². The summed E-state index contributed by atoms with van der Waals surface area (Å²) < 4.78 is 2.52. The minimum absolute atomic E-state index is 0.894. The molecule has 0 bridgehead atoms. The van der Waals surface area contributed by atoms with Crippen molar-refractivity contribution in [3.05, 3.63) is 119 Å². The van der Waals surface area contributed by atoms with Crippen molar-refractivity contribution in [1.29, 1.82) is 0 Å². The van der Waals surface area contributed by atoms with Gasteiger partial charge in [0.2, 0.25) is 0 Å². The van der Waals surface area contributed by atoms with Gasteiger partial charge < -0.3 is 0 Å². The third-order valence-electron chi connectivity index (χ3n) is 6.49. The Bertz CT molecular complexity index is 1130. The second kappa shape index (κ2) is 9.00. The molecule has 0 saturated heterocycles. The summed E-state index contributed by atoms with van der Waals surface area (Å²) in [5.74, 6) is 0.894. The SMILES string of the molecule is COc1ccc(CP(I)(c2ccccc2C)(c2ccccc2C)c2ccccc2C)cc1. The first kappa shape index (κ1) is 23.0. The van der Waals surface area contributed by atoms with Crippen LogP contribution in [0.5, 0.6) is 5.75 Å². The molecule has 0 N–H and O–H groups in total. The number of rotatable bonds is 6. The molecule has 0 heterocycles. The zero-order valence-corrected chi connectivity index (χ0v) is 22.2. The van der Waals surface area contributed by atoms with Crippen LogP contribution in [0, 0.1) is 20.8 Å². The van der Waals surface area contributed by atoms with Crippen LogP contribution in [0.25, 0.3) is 0 Å². The number of hydrogen-bond donors (Lipinski definition) is 0. The topological polar surface area (TPSA) is 9.23 Å². The molecule has 0 unspecified atom stereocenters. The van der Waals surface area contributed by atoms with Gasteiger partial charge in [-0.05, 0) is 0 Å². The standard InChI is InChI=1S/C29H30IOP/c1-22-11-5-8-14-27(22)32(30,28-15-9-6-12-23(28)2,29-16-10-7-13-24(29)3)21-25-17-19-26(31-4)20-18-25/h5-20H,21H2,1-4H3. The van der Waals surface area contributed by atoms with E-state index < -0.39 is 4.25 Å². The summed E-state index contributed by atoms with van der Waals surface area (Å²) in [5, 5.41) is 4.37. The molecule has 4 aromatic carbocycles. The average molecular weight is 552 g/mol. The van der Waals surface area contributed by atoms with Gasteiger partial charge in [-0.1, -0.05) is 0 Å². The second-order valence-corrected chi connectivity index (χ2v) is 19.1. The van der Waals surface area contributed by atoms with Gasteiger partial charge >= 0.3 is 206 Å². The van der Waals surface area contributed by atoms with Gasteiger partial charge in [0.15, 0.2) is 0 Å². The monoisotopic (exact) mass is 552 g/mol. The van der Waals surface area contributed by atoms with E-state index in [1.807, 2.05) is 0 Å². The van der Waals surface area contributed by atoms with Gasteiger partial charge in [0, 0.05) is 0 Å². The van der Waals surface area contributed by atoms with Crippen LogP contribution in [-0.2, 0) is 6.16 Å². The van der Waals surface area contributed by atoms with E-state index in [9.17, 15) is 0 Å². The van der Waals surface area contributed by atoms with E-state index in [4.69, 9.17) is 4.74 Å². The number of benzene rings is 4. The number of methoxy groups -OCH3 is 1. The van der Waals surface area contributed by atoms with Gasteiger partial charge in [0.1, 0.15) is 0 Å². The predicted octanol–water partition coefficient (Wildman–Crippen LogP) is 7.00. The molecule has 0 atom stereocenters. The first-order valence-electron chi connectivity index (χ1n) is 10.9. The summed E-state index contributed by atoms with van der Waals surface area (Å²) >= 11 is 2.90. The molecule has 0 aromatic heterocycles. The molecule has 0 spiro atoms. The Morgan fingerprint density at radius 1 is 0.594 bits per heavy atom. The van der Waals surface area contributed by atoms with Crippen molar-refractivity contribution in [1.82, 2.24) is 0 Å². The molecule has 0 aliphatic heterocycles. The molecule has 0 fully saturated rings. The number of halogens is 1. The van der Waals surface area contributed by atoms with Crippen molar-refractivity contribution < 1.29 is 4.74 Å². The van der Waals surface area contributed by atoms with Crippen molar-refractivity contribution in [2.45, 2.75) is 26.9 Å². The fourth-order valence-electron chi connectivity index (χ4n) is 4.98. The predicted molar refractivity (Wildman–Crippen MR) is 150 cm³/mol. The Morgan fingerprint density at radius 3 is 1.31 bits per heavy atom. The molecule has 0 radical (unpaired) electrons. The number of ether oxygens (including phenoxy) is 1. The summed E-state index contributed by atoms with van der Waals surface area (Å²) in [6.45, 7) is 6.79. The van der Waals surface area contributed by atoms with Gasteiger partial charge in [-0.15, -0.1) is 0 Å². The van der Waals surface area contributed by atoms with Crippen LogP contribution in [0.1, 0.15) is 22.3 Å². The summed E-state index contributed by atoms with van der Waals surface area (Å²) in [6, 6.07) is 35.6. The number of hydrogen-bond acceptors (Lipinski definition) is 1. The third kappa shape index (κ3) is 3.78. The second-order valence-electron chi connectivity index (χ2n) is 8.55. The van der Waals surface area contributed by atoms with Crippen LogP contribution < -0.4 is 20.7 Å². The molecule has 0 amide bonds. The van der Waals surface area contributed by atoms with Crippen LogP contribution in [0.15, 0.2) is 97.1 Å². The van der Waals surface area contributed by atoms with Crippen LogP contribution >= 0.6 is 26.3 Å². The first-order valence-corrected chi connectivity index (χ1v) is 16.1. The van der Waals surface area contributed by atoms with Crippen molar-refractivity contribution >= 4 is 42.2 Å². The molecule has 4 rings (SSSR count). The zero-order chi connectivity index (χ0) is 22.8. The summed E-state index contributed by atoms with van der Waals surface area (Å²) in [6.07, 6.45) is 0.955. The van der Waals surface area contributed by atoms with Gasteiger partial charge in [-0.25, -0.2) is 0 Å². The fraction of sp³-hybridized carbons (Fsp3) is 0.172. The molecular weight excluding hydrogens is 522 g/mol. The van der Waals surface area contributed by atoms with E-state index in [0.717, 1.165) is 11.9 Å². The maximum absolute atomic E-state index is 5.44. The summed E-state index contributed by atoms with van der Waals surface area (Å²) in [7, 11) is 1.72. The van der Waals surface area contributed by atoms with Crippen molar-refractivity contribution in [2.24, 2.45) is 0 Å². The van der Waals surface area contributed by atoms with E-state index in [1.165, 1.54) is 38.2 Å². The molecule has 1 nitrogen and oxygen atoms in total. The Morgan fingerprint density at radius 2 is 0.969 bits per heavy atom. The Labute approximate surface area is 205 Å². The number of aryl methyl sites for hydroxylation is 3. The molecule has 0 aliphatic carbocycles. The summed E-state index contributed by atoms with van der Waals surface area (Å²) in [4.78, 5) is 0. The van der Waals surface area contributed by atoms with E-state index in [-0.39, 0.29) is 0 Å². The van der Waals surface area contributed by atoms with Crippen LogP contribution in [-0.4, -0.2) is 7.11 Å². The third-order valence-corrected chi connectivity index (χ3v) is 17.7. The molecule has 32 heavy (non-hydrogen) atoms. The molecule has 0 saturated carbocycles. The van der Waals surface area contributed by atoms with Crippen LogP contribution in [0.4, 0.5) is 0 Å². The molecule has 164 valence electrons. The van der Waals surface area contributed by atoms with Crippen molar-refractivity contribution in [3.8, 4) is 5.75 Å². The minimum atomic E-state index is -2.92. The van der Waals surface area contributed by atoms with Gasteiger partial charge in [-0.2, -0.15) is 0 Å². The van der Waals surface area contributed by atoms with Crippen molar-refractivity contribution in [3.63, 3.8) is 0 Å². The normalized spacial score (nSPS) is 12.7. The Balaban J connectivity index is 2.16. The molecular formula is C29H30IOP. The van der Waals surface area contributed by atoms with E-state index in [1.54, 1.807) is 7.11 Å². The van der Waals surface area contributed by atoms with E-state index in [0.29, 0.717) is 0 Å². The Hall–Kier alpha value is -2.16. The fourth-order valence-corrected chi connectivity index (χ4v) is 16.8. The van der Waals surface area contributed by atoms with E-state index >= 15 is 0 Å².